The van der Waals surface area contributed by atoms with Crippen LogP contribution in [-0.4, -0.2) is 35.1 Å². The zero-order chi connectivity index (χ0) is 23.6. The molecule has 8 heteroatoms. The van der Waals surface area contributed by atoms with E-state index in [0.29, 0.717) is 6.54 Å². The van der Waals surface area contributed by atoms with Gasteiger partial charge in [-0.1, -0.05) is 30.3 Å². The molecule has 170 valence electrons. The lowest BCUT2D eigenvalue weighted by Gasteiger charge is -2.22. The molecule has 0 unspecified atom stereocenters. The van der Waals surface area contributed by atoms with Crippen molar-refractivity contribution in [1.82, 2.24) is 10.6 Å². The Balaban J connectivity index is 0.000000561. The highest BCUT2D eigenvalue weighted by atomic mass is 16.6. The van der Waals surface area contributed by atoms with Crippen molar-refractivity contribution in [2.24, 2.45) is 0 Å². The summed E-state index contributed by atoms with van der Waals surface area (Å²) in [5.74, 6) is 0. The molecule has 0 aliphatic carbocycles. The zero-order valence-corrected chi connectivity index (χ0v) is 19.5. The third-order valence-electron chi connectivity index (χ3n) is 2.68. The molecule has 0 heterocycles. The molecule has 1 aromatic rings. The van der Waals surface area contributed by atoms with Crippen LogP contribution < -0.4 is 10.6 Å². The van der Waals surface area contributed by atoms with Crippen molar-refractivity contribution in [1.29, 1.82) is 0 Å². The van der Waals surface area contributed by atoms with Crippen LogP contribution in [0.3, 0.4) is 0 Å². The van der Waals surface area contributed by atoms with Gasteiger partial charge in [0, 0.05) is 6.54 Å². The number of hydrogen-bond acceptors (Lipinski definition) is 6. The predicted molar refractivity (Wildman–Crippen MR) is 115 cm³/mol. The lowest BCUT2D eigenvalue weighted by atomic mass is 10.2. The molecular formula is C22H36N2O6. The molecule has 0 aliphatic rings. The molecule has 0 saturated carbocycles. The molecule has 1 rings (SSSR count). The molecule has 0 radical (unpaired) electrons. The van der Waals surface area contributed by atoms with Gasteiger partial charge in [0.15, 0.2) is 0 Å². The fraction of sp³-hybridized carbons (Fsp3) is 0.591. The average molecular weight is 425 g/mol. The van der Waals surface area contributed by atoms with Gasteiger partial charge in [-0.2, -0.15) is 0 Å². The number of nitrogens with one attached hydrogen (secondary N) is 2. The second kappa shape index (κ2) is 11.4. The van der Waals surface area contributed by atoms with Crippen LogP contribution >= 0.6 is 0 Å². The molecule has 0 aromatic heterocycles. The third kappa shape index (κ3) is 17.3. The normalized spacial score (nSPS) is 11.4. The Kier molecular flexibility index (Phi) is 10.4. The maximum atomic E-state index is 11.3. The summed E-state index contributed by atoms with van der Waals surface area (Å²) in [5.41, 5.74) is -0.651. The zero-order valence-electron chi connectivity index (χ0n) is 19.5. The number of hydrogen-bond donors (Lipinski definition) is 2. The summed E-state index contributed by atoms with van der Waals surface area (Å²) in [7, 11) is 0. The number of benzene rings is 1. The molecule has 0 aliphatic heterocycles. The minimum Gasteiger partial charge on any atom is -0.444 e. The van der Waals surface area contributed by atoms with E-state index in [9.17, 15) is 14.4 Å². The first-order chi connectivity index (χ1) is 13.5. The highest BCUT2D eigenvalue weighted by molar-refractivity contribution is 5.87. The van der Waals surface area contributed by atoms with Gasteiger partial charge >= 0.3 is 18.3 Å². The van der Waals surface area contributed by atoms with Gasteiger partial charge in [0.2, 0.25) is 0 Å². The van der Waals surface area contributed by atoms with E-state index < -0.39 is 29.0 Å². The smallest absolute Gasteiger partial charge is 0.417 e. The van der Waals surface area contributed by atoms with Crippen molar-refractivity contribution < 1.29 is 28.6 Å². The van der Waals surface area contributed by atoms with E-state index in [2.05, 4.69) is 5.32 Å². The van der Waals surface area contributed by atoms with Gasteiger partial charge in [0.1, 0.15) is 16.8 Å². The van der Waals surface area contributed by atoms with Gasteiger partial charge in [-0.05, 0) is 67.9 Å². The summed E-state index contributed by atoms with van der Waals surface area (Å²) in [6, 6.07) is 9.73. The minimum absolute atomic E-state index is 0.383. The van der Waals surface area contributed by atoms with E-state index in [0.717, 1.165) is 5.56 Å². The molecule has 8 nitrogen and oxygen atoms in total. The van der Waals surface area contributed by atoms with Crippen LogP contribution in [0.1, 0.15) is 67.9 Å². The molecule has 0 saturated heterocycles. The Labute approximate surface area is 179 Å². The fourth-order valence-corrected chi connectivity index (χ4v) is 1.77. The second-order valence-electron chi connectivity index (χ2n) is 9.47. The van der Waals surface area contributed by atoms with E-state index in [4.69, 9.17) is 14.2 Å². The van der Waals surface area contributed by atoms with Crippen molar-refractivity contribution in [2.75, 3.05) is 0 Å². The highest BCUT2D eigenvalue weighted by Crippen LogP contribution is 2.09. The topological polar surface area (TPSA) is 103 Å². The molecule has 1 aromatic carbocycles. The van der Waals surface area contributed by atoms with Crippen molar-refractivity contribution >= 4 is 18.3 Å². The van der Waals surface area contributed by atoms with E-state index in [1.807, 2.05) is 56.4 Å². The largest absolute Gasteiger partial charge is 0.444 e. The third-order valence-corrected chi connectivity index (χ3v) is 2.68. The summed E-state index contributed by atoms with van der Waals surface area (Å²) >= 11 is 0. The molecule has 30 heavy (non-hydrogen) atoms. The minimum atomic E-state index is -0.809. The first kappa shape index (κ1) is 27.2. The lowest BCUT2D eigenvalue weighted by Crippen LogP contribution is -2.39. The van der Waals surface area contributed by atoms with Gasteiger partial charge < -0.3 is 19.5 Å². The second-order valence-corrected chi connectivity index (χ2v) is 9.47. The monoisotopic (exact) mass is 424 g/mol. The van der Waals surface area contributed by atoms with Crippen LogP contribution in [0.15, 0.2) is 30.3 Å². The molecule has 0 fully saturated rings. The lowest BCUT2D eigenvalue weighted by molar-refractivity contribution is 0.0352. The van der Waals surface area contributed by atoms with Gasteiger partial charge in [0.05, 0.1) is 0 Å². The number of rotatable bonds is 2. The van der Waals surface area contributed by atoms with Gasteiger partial charge in [-0.25, -0.2) is 19.7 Å². The van der Waals surface area contributed by atoms with Crippen LogP contribution in [0.5, 0.6) is 0 Å². The number of amides is 3. The molecular weight excluding hydrogens is 388 g/mol. The van der Waals surface area contributed by atoms with Gasteiger partial charge in [-0.3, -0.25) is 0 Å². The summed E-state index contributed by atoms with van der Waals surface area (Å²) in [5, 5.41) is 4.67. The molecule has 3 amide bonds. The van der Waals surface area contributed by atoms with Crippen LogP contribution in [0.4, 0.5) is 14.4 Å². The number of ether oxygens (including phenoxy) is 3. The SMILES string of the molecule is CC(C)(C)OC(=O)NC(=O)OC(C)(C)C.CC(C)(C)OC(=O)NCc1ccccc1. The Morgan fingerprint density at radius 3 is 1.40 bits per heavy atom. The van der Waals surface area contributed by atoms with Crippen LogP contribution in [-0.2, 0) is 20.8 Å². The van der Waals surface area contributed by atoms with E-state index >= 15 is 0 Å². The quantitative estimate of drug-likeness (QED) is 0.636. The average Bonchev–Trinajstić information content (AvgIpc) is 2.49. The number of imide groups is 1. The predicted octanol–water partition coefficient (Wildman–Crippen LogP) is 5.16. The molecule has 0 bridgehead atoms. The van der Waals surface area contributed by atoms with Crippen molar-refractivity contribution in [3.63, 3.8) is 0 Å². The summed E-state index contributed by atoms with van der Waals surface area (Å²) in [6.07, 6.45) is -2.00. The van der Waals surface area contributed by atoms with E-state index in [1.54, 1.807) is 41.5 Å². The summed E-state index contributed by atoms with van der Waals surface area (Å²) in [4.78, 5) is 33.5. The Morgan fingerprint density at radius 2 is 1.03 bits per heavy atom. The number of carbonyl (C=O) groups excluding carboxylic acids is 3. The van der Waals surface area contributed by atoms with Crippen molar-refractivity contribution in [3.05, 3.63) is 35.9 Å². The van der Waals surface area contributed by atoms with E-state index in [1.165, 1.54) is 0 Å². The van der Waals surface area contributed by atoms with Crippen LogP contribution in [0, 0.1) is 0 Å². The summed E-state index contributed by atoms with van der Waals surface area (Å²) < 4.78 is 14.9. The van der Waals surface area contributed by atoms with Gasteiger partial charge in [0.25, 0.3) is 0 Å². The maximum Gasteiger partial charge on any atom is 0.417 e. The van der Waals surface area contributed by atoms with Crippen LogP contribution in [0.2, 0.25) is 0 Å². The Bertz CT molecular complexity index is 656. The number of alkyl carbamates (subject to hydrolysis) is 3. The standard InChI is InChI=1S/C12H17NO2.C10H19NO4/c1-12(2,3)15-11(14)13-9-10-7-5-4-6-8-10;1-9(2,3)14-7(12)11-8(13)15-10(4,5)6/h4-8H,9H2,1-3H3,(H,13,14);1-6H3,(H,11,12,13). The highest BCUT2D eigenvalue weighted by Gasteiger charge is 2.22. The van der Waals surface area contributed by atoms with Gasteiger partial charge in [-0.15, -0.1) is 0 Å². The summed E-state index contributed by atoms with van der Waals surface area (Å²) in [6.45, 7) is 16.3. The van der Waals surface area contributed by atoms with Crippen molar-refractivity contribution in [2.45, 2.75) is 85.7 Å². The molecule has 0 atom stereocenters. The number of carbonyl (C=O) groups is 3. The fourth-order valence-electron chi connectivity index (χ4n) is 1.77. The van der Waals surface area contributed by atoms with Crippen molar-refractivity contribution in [3.8, 4) is 0 Å². The van der Waals surface area contributed by atoms with Crippen LogP contribution in [0.25, 0.3) is 0 Å². The maximum absolute atomic E-state index is 11.3. The first-order valence-electron chi connectivity index (χ1n) is 9.70. The first-order valence-corrected chi connectivity index (χ1v) is 9.70. The van der Waals surface area contributed by atoms with E-state index in [-0.39, 0.29) is 6.09 Å². The Morgan fingerprint density at radius 1 is 0.667 bits per heavy atom. The molecule has 2 N–H and O–H groups in total. The molecule has 0 spiro atoms. The Hall–Kier alpha value is -2.77.